The predicted molar refractivity (Wildman–Crippen MR) is 80.7 cm³/mol. The fraction of sp³-hybridized carbons (Fsp3) is 0.0833. The highest BCUT2D eigenvalue weighted by atomic mass is 79.9. The average Bonchev–Trinajstić information content (AvgIpc) is 2.32. The smallest absolute Gasteiger partial charge is 0.152 e. The minimum Gasteiger partial charge on any atom is -0.378 e. The molecule has 1 heterocycles. The SMILES string of the molecule is Clc1ccc(CNc2cc(Br)cnc2Cl)c(Cl)c1. The van der Waals surface area contributed by atoms with Gasteiger partial charge >= 0.3 is 0 Å². The van der Waals surface area contributed by atoms with Gasteiger partial charge in [0.15, 0.2) is 5.15 Å². The molecule has 2 nitrogen and oxygen atoms in total. The van der Waals surface area contributed by atoms with E-state index in [9.17, 15) is 0 Å². The van der Waals surface area contributed by atoms with Crippen LogP contribution in [-0.2, 0) is 6.54 Å². The van der Waals surface area contributed by atoms with Crippen molar-refractivity contribution >= 4 is 56.4 Å². The number of aromatic nitrogens is 1. The molecule has 0 saturated carbocycles. The Morgan fingerprint density at radius 2 is 1.94 bits per heavy atom. The van der Waals surface area contributed by atoms with Gasteiger partial charge in [0.2, 0.25) is 0 Å². The zero-order valence-corrected chi connectivity index (χ0v) is 12.9. The van der Waals surface area contributed by atoms with Gasteiger partial charge < -0.3 is 5.32 Å². The molecule has 0 unspecified atom stereocenters. The number of anilines is 1. The molecule has 2 rings (SSSR count). The molecule has 0 spiro atoms. The molecule has 0 saturated heterocycles. The number of hydrogen-bond donors (Lipinski definition) is 1. The molecule has 1 aromatic carbocycles. The van der Waals surface area contributed by atoms with Crippen LogP contribution < -0.4 is 5.32 Å². The van der Waals surface area contributed by atoms with E-state index in [4.69, 9.17) is 34.8 Å². The van der Waals surface area contributed by atoms with E-state index in [-0.39, 0.29) is 0 Å². The number of halogens is 4. The van der Waals surface area contributed by atoms with Crippen molar-refractivity contribution < 1.29 is 0 Å². The fourth-order valence-electron chi connectivity index (χ4n) is 1.40. The van der Waals surface area contributed by atoms with Crippen molar-refractivity contribution in [3.8, 4) is 0 Å². The first-order valence-corrected chi connectivity index (χ1v) is 6.98. The number of nitrogens with one attached hydrogen (secondary N) is 1. The van der Waals surface area contributed by atoms with E-state index in [1.54, 1.807) is 18.3 Å². The van der Waals surface area contributed by atoms with E-state index in [0.29, 0.717) is 21.7 Å². The second-order valence-corrected chi connectivity index (χ2v) is 5.70. The molecule has 94 valence electrons. The summed E-state index contributed by atoms with van der Waals surface area (Å²) in [5, 5.41) is 4.83. The minimum atomic E-state index is 0.420. The van der Waals surface area contributed by atoms with Crippen LogP contribution in [0, 0.1) is 0 Å². The highest BCUT2D eigenvalue weighted by molar-refractivity contribution is 9.10. The number of rotatable bonds is 3. The second kappa shape index (κ2) is 6.11. The second-order valence-electron chi connectivity index (χ2n) is 3.58. The minimum absolute atomic E-state index is 0.420. The molecular weight excluding hydrogens is 358 g/mol. The van der Waals surface area contributed by atoms with Gasteiger partial charge in [-0.3, -0.25) is 0 Å². The van der Waals surface area contributed by atoms with E-state index in [1.807, 2.05) is 12.1 Å². The Morgan fingerprint density at radius 1 is 1.17 bits per heavy atom. The Bertz CT molecular complexity index is 575. The van der Waals surface area contributed by atoms with Crippen molar-refractivity contribution in [3.63, 3.8) is 0 Å². The third-order valence-corrected chi connectivity index (χ3v) is 3.61. The zero-order valence-electron chi connectivity index (χ0n) is 9.05. The molecule has 0 bridgehead atoms. The highest BCUT2D eigenvalue weighted by Gasteiger charge is 2.05. The quantitative estimate of drug-likeness (QED) is 0.734. The Kier molecular flexibility index (Phi) is 4.73. The molecule has 0 amide bonds. The van der Waals surface area contributed by atoms with Crippen molar-refractivity contribution in [2.24, 2.45) is 0 Å². The lowest BCUT2D eigenvalue weighted by atomic mass is 10.2. The molecule has 18 heavy (non-hydrogen) atoms. The lowest BCUT2D eigenvalue weighted by molar-refractivity contribution is 1.13. The highest BCUT2D eigenvalue weighted by Crippen LogP contribution is 2.25. The molecule has 0 atom stereocenters. The summed E-state index contributed by atoms with van der Waals surface area (Å²) in [7, 11) is 0. The Morgan fingerprint density at radius 3 is 2.67 bits per heavy atom. The molecule has 1 aromatic heterocycles. The van der Waals surface area contributed by atoms with Crippen LogP contribution >= 0.6 is 50.7 Å². The van der Waals surface area contributed by atoms with Gasteiger partial charge in [0.1, 0.15) is 0 Å². The van der Waals surface area contributed by atoms with Gasteiger partial charge in [-0.2, -0.15) is 0 Å². The Hall–Kier alpha value is -0.480. The Balaban J connectivity index is 2.13. The summed E-state index contributed by atoms with van der Waals surface area (Å²) in [6, 6.07) is 7.24. The first-order chi connectivity index (χ1) is 8.56. The van der Waals surface area contributed by atoms with Crippen LogP contribution in [0.4, 0.5) is 5.69 Å². The van der Waals surface area contributed by atoms with E-state index in [2.05, 4.69) is 26.2 Å². The van der Waals surface area contributed by atoms with Gasteiger partial charge in [0.05, 0.1) is 5.69 Å². The largest absolute Gasteiger partial charge is 0.378 e. The maximum absolute atomic E-state index is 6.08. The number of benzene rings is 1. The summed E-state index contributed by atoms with van der Waals surface area (Å²) in [6.07, 6.45) is 1.64. The summed E-state index contributed by atoms with van der Waals surface area (Å²) in [6.45, 7) is 0.549. The van der Waals surface area contributed by atoms with Crippen molar-refractivity contribution in [3.05, 3.63) is 55.7 Å². The van der Waals surface area contributed by atoms with Gasteiger partial charge in [-0.05, 0) is 39.7 Å². The van der Waals surface area contributed by atoms with Crippen molar-refractivity contribution in [1.82, 2.24) is 4.98 Å². The fourth-order valence-corrected chi connectivity index (χ4v) is 2.38. The normalized spacial score (nSPS) is 10.4. The number of nitrogens with zero attached hydrogens (tertiary/aromatic N) is 1. The van der Waals surface area contributed by atoms with Gasteiger partial charge in [-0.15, -0.1) is 0 Å². The van der Waals surface area contributed by atoms with Gasteiger partial charge in [-0.25, -0.2) is 4.98 Å². The molecule has 1 N–H and O–H groups in total. The van der Waals surface area contributed by atoms with Gasteiger partial charge in [0, 0.05) is 27.3 Å². The van der Waals surface area contributed by atoms with Gasteiger partial charge in [-0.1, -0.05) is 40.9 Å². The Labute approximate surface area is 128 Å². The first-order valence-electron chi connectivity index (χ1n) is 5.05. The van der Waals surface area contributed by atoms with Crippen molar-refractivity contribution in [2.45, 2.75) is 6.54 Å². The van der Waals surface area contributed by atoms with Gasteiger partial charge in [0.25, 0.3) is 0 Å². The maximum atomic E-state index is 6.08. The molecule has 0 aliphatic rings. The van der Waals surface area contributed by atoms with E-state index >= 15 is 0 Å². The van der Waals surface area contributed by atoms with Crippen molar-refractivity contribution in [2.75, 3.05) is 5.32 Å². The summed E-state index contributed by atoms with van der Waals surface area (Å²) < 4.78 is 0.858. The van der Waals surface area contributed by atoms with Crippen LogP contribution in [0.2, 0.25) is 15.2 Å². The summed E-state index contributed by atoms with van der Waals surface area (Å²) in [5.41, 5.74) is 1.69. The average molecular weight is 366 g/mol. The zero-order chi connectivity index (χ0) is 13.1. The molecule has 0 fully saturated rings. The monoisotopic (exact) mass is 364 g/mol. The molecule has 6 heteroatoms. The lowest BCUT2D eigenvalue weighted by Crippen LogP contribution is -2.01. The third kappa shape index (κ3) is 3.51. The van der Waals surface area contributed by atoms with Crippen LogP contribution in [-0.4, -0.2) is 4.98 Å². The topological polar surface area (TPSA) is 24.9 Å². The van der Waals surface area contributed by atoms with E-state index < -0.39 is 0 Å². The van der Waals surface area contributed by atoms with Crippen molar-refractivity contribution in [1.29, 1.82) is 0 Å². The molecule has 2 aromatic rings. The maximum Gasteiger partial charge on any atom is 0.152 e. The predicted octanol–water partition coefficient (Wildman–Crippen LogP) is 5.42. The number of hydrogen-bond acceptors (Lipinski definition) is 2. The number of pyridine rings is 1. The summed E-state index contributed by atoms with van der Waals surface area (Å²) in [5.74, 6) is 0. The summed E-state index contributed by atoms with van der Waals surface area (Å²) in [4.78, 5) is 4.03. The van der Waals surface area contributed by atoms with Crippen LogP contribution in [0.25, 0.3) is 0 Å². The van der Waals surface area contributed by atoms with E-state index in [1.165, 1.54) is 0 Å². The molecule has 0 aliphatic heterocycles. The van der Waals surface area contributed by atoms with E-state index in [0.717, 1.165) is 15.7 Å². The third-order valence-electron chi connectivity index (χ3n) is 2.29. The molecule has 0 radical (unpaired) electrons. The standard InChI is InChI=1S/C12H8BrCl3N2/c13-8-3-11(12(16)18-6-8)17-5-7-1-2-9(14)4-10(7)15/h1-4,6,17H,5H2. The molecule has 0 aliphatic carbocycles. The van der Waals surface area contributed by atoms with Crippen LogP contribution in [0.5, 0.6) is 0 Å². The van der Waals surface area contributed by atoms with Crippen LogP contribution in [0.3, 0.4) is 0 Å². The lowest BCUT2D eigenvalue weighted by Gasteiger charge is -2.09. The first kappa shape index (κ1) is 13.9. The summed E-state index contributed by atoms with van der Waals surface area (Å²) >= 11 is 21.2. The molecular formula is C12H8BrCl3N2. The van der Waals surface area contributed by atoms with Crippen LogP contribution in [0.1, 0.15) is 5.56 Å². The van der Waals surface area contributed by atoms with Crippen LogP contribution in [0.15, 0.2) is 34.9 Å².